The van der Waals surface area contributed by atoms with Crippen molar-refractivity contribution in [2.45, 2.75) is 31.5 Å². The van der Waals surface area contributed by atoms with Gasteiger partial charge >= 0.3 is 0 Å². The maximum absolute atomic E-state index is 5.61. The van der Waals surface area contributed by atoms with Crippen molar-refractivity contribution in [1.29, 1.82) is 0 Å². The van der Waals surface area contributed by atoms with Gasteiger partial charge in [-0.15, -0.1) is 0 Å². The lowest BCUT2D eigenvalue weighted by Gasteiger charge is -2.11. The van der Waals surface area contributed by atoms with Gasteiger partial charge in [0.15, 0.2) is 5.16 Å². The van der Waals surface area contributed by atoms with Crippen LogP contribution in [0.1, 0.15) is 20.3 Å². The molecule has 78 valence electrons. The van der Waals surface area contributed by atoms with Gasteiger partial charge in [0, 0.05) is 6.07 Å². The highest BCUT2D eigenvalue weighted by Crippen LogP contribution is 2.18. The fraction of sp³-hybridized carbons (Fsp3) is 0.556. The Morgan fingerprint density at radius 1 is 1.57 bits per heavy atom. The molecule has 0 aliphatic heterocycles. The van der Waals surface area contributed by atoms with Gasteiger partial charge in [-0.05, 0) is 19.6 Å². The van der Waals surface area contributed by atoms with E-state index >= 15 is 0 Å². The predicted octanol–water partition coefficient (Wildman–Crippen LogP) is 1.96. The van der Waals surface area contributed by atoms with Crippen molar-refractivity contribution in [3.8, 4) is 5.88 Å². The summed E-state index contributed by atoms with van der Waals surface area (Å²) in [6, 6.07) is 1.64. The number of aromatic nitrogens is 2. The third-order valence-corrected chi connectivity index (χ3v) is 2.33. The fourth-order valence-electron chi connectivity index (χ4n) is 0.862. The van der Waals surface area contributed by atoms with Crippen molar-refractivity contribution < 1.29 is 4.74 Å². The summed E-state index contributed by atoms with van der Waals surface area (Å²) in [5.41, 5.74) is 5.61. The maximum atomic E-state index is 5.61. The van der Waals surface area contributed by atoms with Crippen LogP contribution in [0.2, 0.25) is 0 Å². The van der Waals surface area contributed by atoms with Crippen LogP contribution in [0.25, 0.3) is 0 Å². The van der Waals surface area contributed by atoms with Gasteiger partial charge < -0.3 is 10.5 Å². The van der Waals surface area contributed by atoms with Gasteiger partial charge in [0.2, 0.25) is 5.88 Å². The smallest absolute Gasteiger partial charge is 0.219 e. The number of nitrogens with two attached hydrogens (primary N) is 1. The van der Waals surface area contributed by atoms with Crippen LogP contribution in [-0.4, -0.2) is 22.3 Å². The van der Waals surface area contributed by atoms with Gasteiger partial charge in [0.1, 0.15) is 5.82 Å². The van der Waals surface area contributed by atoms with E-state index < -0.39 is 0 Å². The number of nitrogens with zero attached hydrogens (tertiary/aromatic N) is 2. The normalized spacial score (nSPS) is 12.5. The third kappa shape index (κ3) is 3.06. The van der Waals surface area contributed by atoms with Crippen molar-refractivity contribution in [2.75, 3.05) is 12.0 Å². The molecule has 0 aliphatic carbocycles. The second-order valence-electron chi connectivity index (χ2n) is 2.95. The number of nitrogen functional groups attached to an aromatic ring is 1. The van der Waals surface area contributed by atoms with Gasteiger partial charge in [-0.1, -0.05) is 18.7 Å². The van der Waals surface area contributed by atoms with Crippen molar-refractivity contribution in [2.24, 2.45) is 0 Å². The summed E-state index contributed by atoms with van der Waals surface area (Å²) < 4.78 is 5.54. The molecule has 1 atom stereocenters. The molecule has 0 aromatic carbocycles. The molecule has 0 spiro atoms. The molecule has 0 aliphatic rings. The van der Waals surface area contributed by atoms with E-state index in [9.17, 15) is 0 Å². The van der Waals surface area contributed by atoms with Crippen LogP contribution in [0, 0.1) is 0 Å². The standard InChI is InChI=1S/C9H15N3OS/c1-4-6(2)13-8-5-7(10)11-9(12-8)14-3/h5-6H,4H2,1-3H3,(H2,10,11,12). The van der Waals surface area contributed by atoms with Crippen molar-refractivity contribution in [3.05, 3.63) is 6.07 Å². The molecule has 1 rings (SSSR count). The van der Waals surface area contributed by atoms with E-state index in [1.807, 2.05) is 13.2 Å². The highest BCUT2D eigenvalue weighted by atomic mass is 32.2. The van der Waals surface area contributed by atoms with Gasteiger partial charge in [0.25, 0.3) is 0 Å². The molecule has 5 heteroatoms. The average molecular weight is 213 g/mol. The van der Waals surface area contributed by atoms with Crippen molar-refractivity contribution >= 4 is 17.6 Å². The summed E-state index contributed by atoms with van der Waals surface area (Å²) in [5.74, 6) is 0.999. The SMILES string of the molecule is CCC(C)Oc1cc(N)nc(SC)n1. The first-order valence-corrected chi connectivity index (χ1v) is 5.73. The molecule has 0 amide bonds. The lowest BCUT2D eigenvalue weighted by atomic mass is 10.3. The first-order chi connectivity index (χ1) is 6.65. The summed E-state index contributed by atoms with van der Waals surface area (Å²) in [4.78, 5) is 8.22. The molecular formula is C9H15N3OS. The largest absolute Gasteiger partial charge is 0.475 e. The molecule has 4 nitrogen and oxygen atoms in total. The summed E-state index contributed by atoms with van der Waals surface area (Å²) in [7, 11) is 0. The first-order valence-electron chi connectivity index (χ1n) is 4.51. The van der Waals surface area contributed by atoms with Crippen LogP contribution in [0.3, 0.4) is 0 Å². The second-order valence-corrected chi connectivity index (χ2v) is 3.73. The Kier molecular flexibility index (Phi) is 4.00. The molecule has 14 heavy (non-hydrogen) atoms. The molecule has 0 radical (unpaired) electrons. The zero-order chi connectivity index (χ0) is 10.6. The average Bonchev–Trinajstić information content (AvgIpc) is 2.16. The topological polar surface area (TPSA) is 61.0 Å². The highest BCUT2D eigenvalue weighted by molar-refractivity contribution is 7.98. The quantitative estimate of drug-likeness (QED) is 0.612. The van der Waals surface area contributed by atoms with Crippen LogP contribution < -0.4 is 10.5 Å². The van der Waals surface area contributed by atoms with Gasteiger partial charge in [0.05, 0.1) is 6.10 Å². The van der Waals surface area contributed by atoms with E-state index in [-0.39, 0.29) is 6.10 Å². The van der Waals surface area contributed by atoms with E-state index in [1.165, 1.54) is 11.8 Å². The number of anilines is 1. The highest BCUT2D eigenvalue weighted by Gasteiger charge is 2.05. The zero-order valence-corrected chi connectivity index (χ0v) is 9.47. The minimum absolute atomic E-state index is 0.152. The molecule has 0 bridgehead atoms. The Morgan fingerprint density at radius 2 is 2.29 bits per heavy atom. The molecule has 1 aromatic rings. The maximum Gasteiger partial charge on any atom is 0.219 e. The van der Waals surface area contributed by atoms with E-state index in [0.717, 1.165) is 6.42 Å². The number of rotatable bonds is 4. The van der Waals surface area contributed by atoms with E-state index in [4.69, 9.17) is 10.5 Å². The van der Waals surface area contributed by atoms with Crippen molar-refractivity contribution in [1.82, 2.24) is 9.97 Å². The number of ether oxygens (including phenoxy) is 1. The first kappa shape index (κ1) is 11.1. The van der Waals surface area contributed by atoms with E-state index in [1.54, 1.807) is 6.07 Å². The molecule has 1 aromatic heterocycles. The van der Waals surface area contributed by atoms with Crippen molar-refractivity contribution in [3.63, 3.8) is 0 Å². The van der Waals surface area contributed by atoms with Crippen LogP contribution in [-0.2, 0) is 0 Å². The van der Waals surface area contributed by atoms with E-state index in [0.29, 0.717) is 16.9 Å². The lowest BCUT2D eigenvalue weighted by Crippen LogP contribution is -2.11. The minimum Gasteiger partial charge on any atom is -0.475 e. The molecular weight excluding hydrogens is 198 g/mol. The predicted molar refractivity (Wildman–Crippen MR) is 58.6 cm³/mol. The van der Waals surface area contributed by atoms with Crippen LogP contribution in [0.15, 0.2) is 11.2 Å². The third-order valence-electron chi connectivity index (χ3n) is 1.78. The molecule has 1 unspecified atom stereocenters. The van der Waals surface area contributed by atoms with Gasteiger partial charge in [-0.25, -0.2) is 4.98 Å². The minimum atomic E-state index is 0.152. The number of thioether (sulfide) groups is 1. The Balaban J connectivity index is 2.81. The van der Waals surface area contributed by atoms with E-state index in [2.05, 4.69) is 16.9 Å². The molecule has 0 saturated carbocycles. The van der Waals surface area contributed by atoms with Gasteiger partial charge in [-0.3, -0.25) is 0 Å². The molecule has 0 fully saturated rings. The Morgan fingerprint density at radius 3 is 2.86 bits per heavy atom. The van der Waals surface area contributed by atoms with Crippen LogP contribution in [0.4, 0.5) is 5.82 Å². The zero-order valence-electron chi connectivity index (χ0n) is 8.65. The molecule has 0 saturated heterocycles. The summed E-state index contributed by atoms with van der Waals surface area (Å²) in [6.07, 6.45) is 3.00. The van der Waals surface area contributed by atoms with Gasteiger partial charge in [-0.2, -0.15) is 4.98 Å². The molecule has 1 heterocycles. The monoisotopic (exact) mass is 213 g/mol. The molecule has 2 N–H and O–H groups in total. The Hall–Kier alpha value is -0.970. The summed E-state index contributed by atoms with van der Waals surface area (Å²) in [5, 5.41) is 0.642. The summed E-state index contributed by atoms with van der Waals surface area (Å²) in [6.45, 7) is 4.06. The fourth-order valence-corrected chi connectivity index (χ4v) is 1.24. The number of hydrogen-bond donors (Lipinski definition) is 1. The number of hydrogen-bond acceptors (Lipinski definition) is 5. The van der Waals surface area contributed by atoms with Crippen LogP contribution >= 0.6 is 11.8 Å². The lowest BCUT2D eigenvalue weighted by molar-refractivity contribution is 0.207. The van der Waals surface area contributed by atoms with Crippen LogP contribution in [0.5, 0.6) is 5.88 Å². The summed E-state index contributed by atoms with van der Waals surface area (Å²) >= 11 is 1.45. The Bertz CT molecular complexity index is 306. The Labute approximate surface area is 88.3 Å². The second kappa shape index (κ2) is 5.05.